The first-order valence-corrected chi connectivity index (χ1v) is 10.1. The predicted octanol–water partition coefficient (Wildman–Crippen LogP) is 3.03. The first kappa shape index (κ1) is 21.8. The molecule has 2 aromatic carbocycles. The summed E-state index contributed by atoms with van der Waals surface area (Å²) < 4.78 is 5.24. The van der Waals surface area contributed by atoms with Gasteiger partial charge in [0, 0.05) is 24.5 Å². The van der Waals surface area contributed by atoms with Gasteiger partial charge in [-0.2, -0.15) is 5.26 Å². The summed E-state index contributed by atoms with van der Waals surface area (Å²) in [5, 5.41) is 11.8. The molecule has 1 heterocycles. The van der Waals surface area contributed by atoms with E-state index >= 15 is 0 Å². The Balaban J connectivity index is 1.53. The zero-order chi connectivity index (χ0) is 22.1. The van der Waals surface area contributed by atoms with E-state index in [1.807, 2.05) is 24.3 Å². The Hall–Kier alpha value is -3.86. The zero-order valence-electron chi connectivity index (χ0n) is 17.1. The number of carbonyl (C=O) groups is 3. The van der Waals surface area contributed by atoms with Gasteiger partial charge in [-0.15, -0.1) is 0 Å². The number of urea groups is 1. The average molecular weight is 420 g/mol. The molecular formula is C23H24N4O4. The lowest BCUT2D eigenvalue weighted by atomic mass is 9.98. The van der Waals surface area contributed by atoms with Crippen LogP contribution in [0.15, 0.2) is 60.7 Å². The highest BCUT2D eigenvalue weighted by Crippen LogP contribution is 2.20. The van der Waals surface area contributed by atoms with Gasteiger partial charge in [0.2, 0.25) is 0 Å². The fourth-order valence-electron chi connectivity index (χ4n) is 3.41. The molecule has 1 saturated heterocycles. The van der Waals surface area contributed by atoms with Crippen molar-refractivity contribution in [3.05, 3.63) is 60.7 Å². The van der Waals surface area contributed by atoms with Crippen LogP contribution in [0.25, 0.3) is 0 Å². The summed E-state index contributed by atoms with van der Waals surface area (Å²) in [6.07, 6.45) is 1.25. The van der Waals surface area contributed by atoms with Crippen LogP contribution in [-0.4, -0.2) is 49.0 Å². The molecule has 0 aliphatic carbocycles. The van der Waals surface area contributed by atoms with Crippen molar-refractivity contribution in [2.45, 2.75) is 12.8 Å². The lowest BCUT2D eigenvalue weighted by Crippen LogP contribution is -2.45. The maximum atomic E-state index is 12.5. The number of benzene rings is 2. The molecule has 8 nitrogen and oxygen atoms in total. The fourth-order valence-corrected chi connectivity index (χ4v) is 3.41. The molecule has 3 rings (SSSR count). The van der Waals surface area contributed by atoms with Gasteiger partial charge in [-0.1, -0.05) is 36.4 Å². The highest BCUT2D eigenvalue weighted by Gasteiger charge is 2.30. The molecule has 31 heavy (non-hydrogen) atoms. The molecule has 0 aromatic heterocycles. The number of esters is 1. The first-order chi connectivity index (χ1) is 15.1. The van der Waals surface area contributed by atoms with E-state index in [0.717, 1.165) is 0 Å². The Morgan fingerprint density at radius 3 is 2.45 bits per heavy atom. The van der Waals surface area contributed by atoms with E-state index in [9.17, 15) is 14.4 Å². The molecule has 160 valence electrons. The van der Waals surface area contributed by atoms with Crippen LogP contribution < -0.4 is 10.2 Å². The quantitative estimate of drug-likeness (QED) is 0.572. The number of likely N-dealkylation sites (tertiary alicyclic amines) is 1. The molecule has 1 aliphatic rings. The SMILES string of the molecule is N#CCN(C(=O)COC(=O)C1CCCN(C(=O)Nc2ccccc2)C1)c1ccccc1. The van der Waals surface area contributed by atoms with Crippen molar-refractivity contribution in [1.82, 2.24) is 4.90 Å². The molecule has 0 spiro atoms. The van der Waals surface area contributed by atoms with E-state index < -0.39 is 24.4 Å². The number of rotatable bonds is 6. The number of nitrogens with zero attached hydrogens (tertiary/aromatic N) is 3. The number of para-hydroxylation sites is 2. The number of hydrogen-bond donors (Lipinski definition) is 1. The van der Waals surface area contributed by atoms with Crippen LogP contribution in [0.2, 0.25) is 0 Å². The first-order valence-electron chi connectivity index (χ1n) is 10.1. The maximum Gasteiger partial charge on any atom is 0.321 e. The summed E-state index contributed by atoms with van der Waals surface area (Å²) >= 11 is 0. The summed E-state index contributed by atoms with van der Waals surface area (Å²) in [7, 11) is 0. The van der Waals surface area contributed by atoms with Gasteiger partial charge < -0.3 is 15.0 Å². The number of nitriles is 1. The molecule has 1 unspecified atom stereocenters. The Bertz CT molecular complexity index is 943. The van der Waals surface area contributed by atoms with Crippen LogP contribution in [0.3, 0.4) is 0 Å². The van der Waals surface area contributed by atoms with E-state index in [1.54, 1.807) is 47.4 Å². The van der Waals surface area contributed by atoms with E-state index in [-0.39, 0.29) is 19.1 Å². The van der Waals surface area contributed by atoms with Gasteiger partial charge in [-0.3, -0.25) is 14.5 Å². The maximum absolute atomic E-state index is 12.5. The van der Waals surface area contributed by atoms with Crippen molar-refractivity contribution < 1.29 is 19.1 Å². The van der Waals surface area contributed by atoms with E-state index in [0.29, 0.717) is 30.8 Å². The van der Waals surface area contributed by atoms with Crippen molar-refractivity contribution in [3.8, 4) is 6.07 Å². The molecule has 0 bridgehead atoms. The van der Waals surface area contributed by atoms with E-state index in [1.165, 1.54) is 4.90 Å². The monoisotopic (exact) mass is 420 g/mol. The predicted molar refractivity (Wildman–Crippen MR) is 115 cm³/mol. The Morgan fingerprint density at radius 2 is 1.77 bits per heavy atom. The second-order valence-corrected chi connectivity index (χ2v) is 7.16. The molecule has 1 N–H and O–H groups in total. The molecular weight excluding hydrogens is 396 g/mol. The topological polar surface area (TPSA) is 103 Å². The standard InChI is InChI=1S/C23H24N4O4/c24-13-15-27(20-11-5-2-6-12-20)21(28)17-31-22(29)18-8-7-14-26(16-18)23(30)25-19-9-3-1-4-10-19/h1-6,9-12,18H,7-8,14-17H2,(H,25,30). The van der Waals surface area contributed by atoms with Crippen LogP contribution in [0.5, 0.6) is 0 Å². The number of ether oxygens (including phenoxy) is 1. The molecule has 8 heteroatoms. The molecule has 2 aromatic rings. The Labute approximate surface area is 181 Å². The average Bonchev–Trinajstić information content (AvgIpc) is 2.82. The Kier molecular flexibility index (Phi) is 7.60. The third-order valence-electron chi connectivity index (χ3n) is 5.00. The van der Waals surface area contributed by atoms with Crippen molar-refractivity contribution in [1.29, 1.82) is 5.26 Å². The molecule has 1 aliphatic heterocycles. The third-order valence-corrected chi connectivity index (χ3v) is 5.00. The minimum atomic E-state index is -0.518. The minimum absolute atomic E-state index is 0.142. The van der Waals surface area contributed by atoms with Gasteiger partial charge in [-0.25, -0.2) is 4.79 Å². The lowest BCUT2D eigenvalue weighted by Gasteiger charge is -2.31. The number of hydrogen-bond acceptors (Lipinski definition) is 5. The van der Waals surface area contributed by atoms with Gasteiger partial charge in [0.25, 0.3) is 5.91 Å². The number of piperidine rings is 1. The van der Waals surface area contributed by atoms with Gasteiger partial charge in [0.15, 0.2) is 6.61 Å². The van der Waals surface area contributed by atoms with Crippen LogP contribution in [0.4, 0.5) is 16.2 Å². The zero-order valence-corrected chi connectivity index (χ0v) is 17.1. The summed E-state index contributed by atoms with van der Waals surface area (Å²) in [4.78, 5) is 40.4. The molecule has 3 amide bonds. The summed E-state index contributed by atoms with van der Waals surface area (Å²) in [5.41, 5.74) is 1.24. The van der Waals surface area contributed by atoms with Crippen LogP contribution in [-0.2, 0) is 14.3 Å². The number of nitrogens with one attached hydrogen (secondary N) is 1. The summed E-state index contributed by atoms with van der Waals surface area (Å²) in [5.74, 6) is -1.49. The molecule has 0 radical (unpaired) electrons. The van der Waals surface area contributed by atoms with Crippen molar-refractivity contribution in [2.75, 3.05) is 36.5 Å². The lowest BCUT2D eigenvalue weighted by molar-refractivity contribution is -0.153. The number of anilines is 2. The number of carbonyl (C=O) groups excluding carboxylic acids is 3. The second-order valence-electron chi connectivity index (χ2n) is 7.16. The summed E-state index contributed by atoms with van der Waals surface area (Å²) in [6.45, 7) is 0.178. The van der Waals surface area contributed by atoms with Crippen molar-refractivity contribution in [2.24, 2.45) is 5.92 Å². The molecule has 1 atom stereocenters. The third kappa shape index (κ3) is 6.06. The largest absolute Gasteiger partial charge is 0.455 e. The minimum Gasteiger partial charge on any atom is -0.455 e. The van der Waals surface area contributed by atoms with Gasteiger partial charge in [0.1, 0.15) is 6.54 Å². The van der Waals surface area contributed by atoms with Crippen LogP contribution >= 0.6 is 0 Å². The fraction of sp³-hybridized carbons (Fsp3) is 0.304. The molecule has 1 fully saturated rings. The van der Waals surface area contributed by atoms with Gasteiger partial charge in [0.05, 0.1) is 12.0 Å². The van der Waals surface area contributed by atoms with E-state index in [4.69, 9.17) is 10.00 Å². The smallest absolute Gasteiger partial charge is 0.321 e. The highest BCUT2D eigenvalue weighted by molar-refractivity contribution is 5.95. The highest BCUT2D eigenvalue weighted by atomic mass is 16.5. The van der Waals surface area contributed by atoms with Crippen LogP contribution in [0, 0.1) is 17.2 Å². The molecule has 0 saturated carbocycles. The van der Waals surface area contributed by atoms with Crippen LogP contribution in [0.1, 0.15) is 12.8 Å². The summed E-state index contributed by atoms with van der Waals surface area (Å²) in [6, 6.07) is 19.5. The van der Waals surface area contributed by atoms with Gasteiger partial charge in [-0.05, 0) is 37.1 Å². The Morgan fingerprint density at radius 1 is 1.10 bits per heavy atom. The van der Waals surface area contributed by atoms with Crippen molar-refractivity contribution in [3.63, 3.8) is 0 Å². The van der Waals surface area contributed by atoms with Crippen molar-refractivity contribution >= 4 is 29.3 Å². The van der Waals surface area contributed by atoms with Gasteiger partial charge >= 0.3 is 12.0 Å². The normalized spacial score (nSPS) is 15.5. The van der Waals surface area contributed by atoms with E-state index in [2.05, 4.69) is 5.32 Å². The number of amides is 3. The second kappa shape index (κ2) is 10.8.